The second-order valence-electron chi connectivity index (χ2n) is 3.84. The molecule has 0 spiro atoms. The lowest BCUT2D eigenvalue weighted by Gasteiger charge is -2.08. The predicted octanol–water partition coefficient (Wildman–Crippen LogP) is 2.30. The van der Waals surface area contributed by atoms with Gasteiger partial charge in [-0.1, -0.05) is 18.2 Å². The van der Waals surface area contributed by atoms with E-state index in [0.29, 0.717) is 17.0 Å². The van der Waals surface area contributed by atoms with Crippen molar-refractivity contribution in [3.05, 3.63) is 54.4 Å². The number of thioether (sulfide) groups is 1. The molecule has 2 aromatic rings. The van der Waals surface area contributed by atoms with Crippen molar-refractivity contribution in [1.82, 2.24) is 4.98 Å². The zero-order chi connectivity index (χ0) is 13.5. The van der Waals surface area contributed by atoms with Crippen molar-refractivity contribution in [3.63, 3.8) is 0 Å². The molecule has 0 bridgehead atoms. The summed E-state index contributed by atoms with van der Waals surface area (Å²) >= 11 is 1.47. The molecule has 0 aliphatic heterocycles. The average molecular weight is 274 g/mol. The molecule has 1 aromatic carbocycles. The van der Waals surface area contributed by atoms with E-state index in [1.807, 2.05) is 30.3 Å². The Morgan fingerprint density at radius 1 is 1.26 bits per heavy atom. The Kier molecular flexibility index (Phi) is 4.94. The molecule has 0 aliphatic carbocycles. The van der Waals surface area contributed by atoms with Crippen LogP contribution in [0.1, 0.15) is 5.56 Å². The monoisotopic (exact) mass is 274 g/mol. The van der Waals surface area contributed by atoms with Gasteiger partial charge in [0, 0.05) is 16.7 Å². The Labute approximate surface area is 115 Å². The minimum Gasteiger partial charge on any atom is -0.392 e. The first-order valence-electron chi connectivity index (χ1n) is 5.81. The predicted molar refractivity (Wildman–Crippen MR) is 76.0 cm³/mol. The lowest BCUT2D eigenvalue weighted by Crippen LogP contribution is -2.15. The maximum Gasteiger partial charge on any atom is 0.234 e. The second-order valence-corrected chi connectivity index (χ2v) is 4.89. The van der Waals surface area contributed by atoms with Crippen LogP contribution in [0, 0.1) is 0 Å². The minimum atomic E-state index is -0.121. The van der Waals surface area contributed by atoms with Crippen LogP contribution in [0.3, 0.4) is 0 Å². The lowest BCUT2D eigenvalue weighted by atomic mass is 10.2. The van der Waals surface area contributed by atoms with Crippen LogP contribution < -0.4 is 5.32 Å². The van der Waals surface area contributed by atoms with Crippen LogP contribution in [0.2, 0.25) is 0 Å². The fourth-order valence-corrected chi connectivity index (χ4v) is 2.25. The molecule has 0 saturated carbocycles. The van der Waals surface area contributed by atoms with Gasteiger partial charge in [-0.05, 0) is 18.2 Å². The van der Waals surface area contributed by atoms with Crippen molar-refractivity contribution in [2.24, 2.45) is 0 Å². The molecule has 1 heterocycles. The van der Waals surface area contributed by atoms with Gasteiger partial charge < -0.3 is 10.4 Å². The number of pyridine rings is 1. The summed E-state index contributed by atoms with van der Waals surface area (Å²) in [7, 11) is 0. The van der Waals surface area contributed by atoms with E-state index in [9.17, 15) is 4.79 Å². The molecule has 1 aromatic heterocycles. The van der Waals surface area contributed by atoms with Crippen molar-refractivity contribution in [1.29, 1.82) is 0 Å². The second kappa shape index (κ2) is 6.92. The fraction of sp³-hybridized carbons (Fsp3) is 0.143. The molecule has 0 fully saturated rings. The number of aromatic nitrogens is 1. The molecule has 4 nitrogen and oxygen atoms in total. The van der Waals surface area contributed by atoms with Gasteiger partial charge in [0.1, 0.15) is 0 Å². The van der Waals surface area contributed by atoms with Crippen molar-refractivity contribution in [2.75, 3.05) is 11.1 Å². The van der Waals surface area contributed by atoms with E-state index in [2.05, 4.69) is 10.3 Å². The summed E-state index contributed by atoms with van der Waals surface area (Å²) in [5.74, 6) is 0.209. The highest BCUT2D eigenvalue weighted by molar-refractivity contribution is 8.00. The van der Waals surface area contributed by atoms with E-state index in [0.717, 1.165) is 4.90 Å². The third-order valence-corrected chi connectivity index (χ3v) is 3.48. The van der Waals surface area contributed by atoms with Crippen molar-refractivity contribution >= 4 is 23.4 Å². The summed E-state index contributed by atoms with van der Waals surface area (Å²) in [5, 5.41) is 11.9. The smallest absolute Gasteiger partial charge is 0.234 e. The Morgan fingerprint density at radius 3 is 2.79 bits per heavy atom. The molecular weight excluding hydrogens is 260 g/mol. The van der Waals surface area contributed by atoms with Crippen molar-refractivity contribution in [3.8, 4) is 0 Å². The first-order valence-corrected chi connectivity index (χ1v) is 6.79. The van der Waals surface area contributed by atoms with E-state index < -0.39 is 0 Å². The van der Waals surface area contributed by atoms with Crippen LogP contribution in [0.5, 0.6) is 0 Å². The van der Waals surface area contributed by atoms with Gasteiger partial charge in [0.05, 0.1) is 24.2 Å². The zero-order valence-corrected chi connectivity index (χ0v) is 11.1. The molecule has 0 radical (unpaired) electrons. The normalized spacial score (nSPS) is 10.2. The first kappa shape index (κ1) is 13.6. The van der Waals surface area contributed by atoms with Crippen LogP contribution in [0.15, 0.2) is 53.7 Å². The molecule has 5 heteroatoms. The van der Waals surface area contributed by atoms with Gasteiger partial charge in [-0.15, -0.1) is 11.8 Å². The summed E-state index contributed by atoms with van der Waals surface area (Å²) in [5.41, 5.74) is 1.22. The van der Waals surface area contributed by atoms with E-state index >= 15 is 0 Å². The van der Waals surface area contributed by atoms with E-state index in [1.165, 1.54) is 18.0 Å². The maximum absolute atomic E-state index is 11.8. The Balaban J connectivity index is 1.91. The number of rotatable bonds is 5. The standard InChI is InChI=1S/C14H14N2O2S/c17-9-11-6-7-15-8-13(11)16-14(18)10-19-12-4-2-1-3-5-12/h1-8,17H,9-10H2,(H,16,18). The quantitative estimate of drug-likeness (QED) is 0.821. The molecule has 1 amide bonds. The van der Waals surface area contributed by atoms with E-state index in [1.54, 1.807) is 12.3 Å². The molecule has 98 valence electrons. The van der Waals surface area contributed by atoms with Crippen LogP contribution in [-0.4, -0.2) is 21.8 Å². The number of hydrogen-bond donors (Lipinski definition) is 2. The largest absolute Gasteiger partial charge is 0.392 e. The van der Waals surface area contributed by atoms with Gasteiger partial charge in [-0.3, -0.25) is 9.78 Å². The van der Waals surface area contributed by atoms with Gasteiger partial charge in [-0.2, -0.15) is 0 Å². The summed E-state index contributed by atoms with van der Waals surface area (Å²) < 4.78 is 0. The number of nitrogens with zero attached hydrogens (tertiary/aromatic N) is 1. The number of nitrogens with one attached hydrogen (secondary N) is 1. The highest BCUT2D eigenvalue weighted by Crippen LogP contribution is 2.18. The Morgan fingerprint density at radius 2 is 2.05 bits per heavy atom. The number of anilines is 1. The number of aliphatic hydroxyl groups excluding tert-OH is 1. The number of hydrogen-bond acceptors (Lipinski definition) is 4. The highest BCUT2D eigenvalue weighted by atomic mass is 32.2. The summed E-state index contributed by atoms with van der Waals surface area (Å²) in [6.07, 6.45) is 3.12. The van der Waals surface area contributed by atoms with E-state index in [-0.39, 0.29) is 12.5 Å². The van der Waals surface area contributed by atoms with Gasteiger partial charge in [0.2, 0.25) is 5.91 Å². The number of carbonyl (C=O) groups excluding carboxylic acids is 1. The molecule has 19 heavy (non-hydrogen) atoms. The number of amides is 1. The molecule has 2 rings (SSSR count). The average Bonchev–Trinajstić information content (AvgIpc) is 2.47. The third kappa shape index (κ3) is 4.08. The Bertz CT molecular complexity index is 546. The minimum absolute atomic E-state index is 0.114. The summed E-state index contributed by atoms with van der Waals surface area (Å²) in [4.78, 5) is 16.8. The number of aliphatic hydroxyl groups is 1. The third-order valence-electron chi connectivity index (χ3n) is 2.47. The molecular formula is C14H14N2O2S. The van der Waals surface area contributed by atoms with Crippen LogP contribution in [0.25, 0.3) is 0 Å². The first-order chi connectivity index (χ1) is 9.29. The summed E-state index contributed by atoms with van der Waals surface area (Å²) in [6, 6.07) is 11.4. The Hall–Kier alpha value is -1.85. The van der Waals surface area contributed by atoms with Gasteiger partial charge in [0.25, 0.3) is 0 Å². The van der Waals surface area contributed by atoms with Crippen LogP contribution in [-0.2, 0) is 11.4 Å². The van der Waals surface area contributed by atoms with Gasteiger partial charge in [-0.25, -0.2) is 0 Å². The zero-order valence-electron chi connectivity index (χ0n) is 10.2. The van der Waals surface area contributed by atoms with Gasteiger partial charge >= 0.3 is 0 Å². The molecule has 0 saturated heterocycles. The topological polar surface area (TPSA) is 62.2 Å². The SMILES string of the molecule is O=C(CSc1ccccc1)Nc1cnccc1CO. The number of carbonyl (C=O) groups is 1. The van der Waals surface area contributed by atoms with Crippen molar-refractivity contribution in [2.45, 2.75) is 11.5 Å². The molecule has 0 unspecified atom stereocenters. The van der Waals surface area contributed by atoms with Crippen LogP contribution in [0.4, 0.5) is 5.69 Å². The highest BCUT2D eigenvalue weighted by Gasteiger charge is 2.07. The van der Waals surface area contributed by atoms with Gasteiger partial charge in [0.15, 0.2) is 0 Å². The van der Waals surface area contributed by atoms with Crippen molar-refractivity contribution < 1.29 is 9.90 Å². The lowest BCUT2D eigenvalue weighted by molar-refractivity contribution is -0.113. The molecule has 0 atom stereocenters. The van der Waals surface area contributed by atoms with Crippen LogP contribution >= 0.6 is 11.8 Å². The number of benzene rings is 1. The molecule has 2 N–H and O–H groups in total. The molecule has 0 aliphatic rings. The maximum atomic E-state index is 11.8. The fourth-order valence-electron chi connectivity index (χ4n) is 1.53. The van der Waals surface area contributed by atoms with E-state index in [4.69, 9.17) is 5.11 Å². The summed E-state index contributed by atoms with van der Waals surface area (Å²) in [6.45, 7) is -0.121.